The van der Waals surface area contributed by atoms with Gasteiger partial charge < -0.3 is 10.3 Å². The zero-order chi connectivity index (χ0) is 24.0. The minimum absolute atomic E-state index is 0.243. The molecule has 8 nitrogen and oxygen atoms in total. The summed E-state index contributed by atoms with van der Waals surface area (Å²) in [5.74, 6) is -0.845. The summed E-state index contributed by atoms with van der Waals surface area (Å²) in [7, 11) is 2.60. The van der Waals surface area contributed by atoms with Crippen molar-refractivity contribution in [3.63, 3.8) is 0 Å². The van der Waals surface area contributed by atoms with Crippen molar-refractivity contribution in [2.24, 2.45) is 14.1 Å². The number of rotatable bonds is 6. The largest absolute Gasteiger partial charge is 0.416 e. The Morgan fingerprint density at radius 1 is 1.22 bits per heavy atom. The van der Waals surface area contributed by atoms with E-state index in [2.05, 4.69) is 4.98 Å². The van der Waals surface area contributed by atoms with Gasteiger partial charge in [0.15, 0.2) is 10.9 Å². The number of hydrogen-bond donors (Lipinski definition) is 1. The van der Waals surface area contributed by atoms with Crippen molar-refractivity contribution in [3.05, 3.63) is 50.2 Å². The zero-order valence-corrected chi connectivity index (χ0v) is 18.7. The lowest BCUT2D eigenvalue weighted by Crippen LogP contribution is -2.42. The van der Waals surface area contributed by atoms with Gasteiger partial charge in [-0.25, -0.2) is 9.78 Å². The van der Waals surface area contributed by atoms with Gasteiger partial charge in [0.2, 0.25) is 0 Å². The van der Waals surface area contributed by atoms with Crippen molar-refractivity contribution >= 4 is 34.4 Å². The topological polar surface area (TPSA) is 105 Å². The molecule has 0 fully saturated rings. The van der Waals surface area contributed by atoms with Crippen molar-refractivity contribution in [1.82, 2.24) is 18.7 Å². The highest BCUT2D eigenvalue weighted by atomic mass is 32.2. The molecule has 2 aromatic heterocycles. The number of nitrogens with two attached hydrogens (primary N) is 1. The molecule has 32 heavy (non-hydrogen) atoms. The summed E-state index contributed by atoms with van der Waals surface area (Å²) in [4.78, 5) is 42.0. The van der Waals surface area contributed by atoms with E-state index in [-0.39, 0.29) is 11.4 Å². The molecule has 2 N–H and O–H groups in total. The highest BCUT2D eigenvalue weighted by Crippen LogP contribution is 2.34. The van der Waals surface area contributed by atoms with E-state index in [0.29, 0.717) is 29.2 Å². The quantitative estimate of drug-likeness (QED) is 0.440. The summed E-state index contributed by atoms with van der Waals surface area (Å²) >= 11 is 1.02. The SMILES string of the molecule is CCCn1c(SC(C)C(=O)c2c(N)n(C)c(=O)n(C)c2=O)nc2ccc(C(F)(F)F)cc21. The number of nitrogen functional groups attached to an aromatic ring is 1. The highest BCUT2D eigenvalue weighted by molar-refractivity contribution is 8.00. The molecule has 0 saturated carbocycles. The molecular formula is C20H22F3N5O3S. The number of ketones is 1. The summed E-state index contributed by atoms with van der Waals surface area (Å²) in [6, 6.07) is 3.29. The smallest absolute Gasteiger partial charge is 0.384 e. The van der Waals surface area contributed by atoms with Gasteiger partial charge >= 0.3 is 11.9 Å². The molecular weight excluding hydrogens is 447 g/mol. The molecule has 0 radical (unpaired) electrons. The predicted molar refractivity (Wildman–Crippen MR) is 116 cm³/mol. The Kier molecular flexibility index (Phi) is 6.27. The number of fused-ring (bicyclic) bond motifs is 1. The van der Waals surface area contributed by atoms with Crippen LogP contribution in [0.2, 0.25) is 0 Å². The van der Waals surface area contributed by atoms with Crippen molar-refractivity contribution < 1.29 is 18.0 Å². The van der Waals surface area contributed by atoms with Gasteiger partial charge in [0.25, 0.3) is 5.56 Å². The standard InChI is InChI=1S/C20H22F3N5O3S/c1-5-8-28-13-9-11(20(21,22)23)6-7-12(13)25-18(28)32-10(2)15(29)14-16(24)26(3)19(31)27(4)17(14)30/h6-7,9-10H,5,8,24H2,1-4H3. The highest BCUT2D eigenvalue weighted by Gasteiger charge is 2.32. The first kappa shape index (κ1) is 23.6. The second-order valence-electron chi connectivity index (χ2n) is 7.34. The number of nitrogens with zero attached hydrogens (tertiary/aromatic N) is 4. The number of carbonyl (C=O) groups excluding carboxylic acids is 1. The third kappa shape index (κ3) is 4.06. The van der Waals surface area contributed by atoms with E-state index in [9.17, 15) is 27.6 Å². The summed E-state index contributed by atoms with van der Waals surface area (Å²) in [6.45, 7) is 3.82. The summed E-state index contributed by atoms with van der Waals surface area (Å²) in [5, 5.41) is -0.487. The lowest BCUT2D eigenvalue weighted by atomic mass is 10.1. The number of anilines is 1. The Morgan fingerprint density at radius 2 is 1.88 bits per heavy atom. The first-order valence-electron chi connectivity index (χ1n) is 9.72. The molecule has 0 spiro atoms. The molecule has 0 aliphatic rings. The molecule has 0 amide bonds. The van der Waals surface area contributed by atoms with Crippen LogP contribution in [0.1, 0.15) is 36.2 Å². The monoisotopic (exact) mass is 469 g/mol. The molecule has 3 aromatic rings. The average Bonchev–Trinajstić information content (AvgIpc) is 3.06. The molecule has 2 heterocycles. The maximum atomic E-state index is 13.2. The maximum absolute atomic E-state index is 13.2. The summed E-state index contributed by atoms with van der Waals surface area (Å²) < 4.78 is 42.9. The normalized spacial score (nSPS) is 13.0. The molecule has 12 heteroatoms. The van der Waals surface area contributed by atoms with Crippen LogP contribution in [0, 0.1) is 0 Å². The van der Waals surface area contributed by atoms with Crippen LogP contribution in [0.4, 0.5) is 19.0 Å². The Labute approximate surface area is 184 Å². The Hall–Kier alpha value is -3.02. The van der Waals surface area contributed by atoms with E-state index in [1.165, 1.54) is 20.2 Å². The fourth-order valence-electron chi connectivity index (χ4n) is 3.31. The number of aromatic nitrogens is 4. The molecule has 0 saturated heterocycles. The Bertz CT molecular complexity index is 1320. The number of imidazole rings is 1. The lowest BCUT2D eigenvalue weighted by molar-refractivity contribution is -0.137. The molecule has 1 aromatic carbocycles. The van der Waals surface area contributed by atoms with E-state index >= 15 is 0 Å². The van der Waals surface area contributed by atoms with E-state index < -0.39 is 34.0 Å². The van der Waals surface area contributed by atoms with Gasteiger partial charge in [-0.05, 0) is 31.5 Å². The minimum Gasteiger partial charge on any atom is -0.384 e. The number of hydrogen-bond acceptors (Lipinski definition) is 6. The van der Waals surface area contributed by atoms with E-state index in [1.807, 2.05) is 6.92 Å². The van der Waals surface area contributed by atoms with Crippen LogP contribution in [0.3, 0.4) is 0 Å². The van der Waals surface area contributed by atoms with Crippen LogP contribution in [-0.4, -0.2) is 29.7 Å². The number of halogens is 3. The van der Waals surface area contributed by atoms with Crippen LogP contribution < -0.4 is 17.0 Å². The van der Waals surface area contributed by atoms with Crippen LogP contribution in [0.15, 0.2) is 32.9 Å². The molecule has 172 valence electrons. The maximum Gasteiger partial charge on any atom is 0.416 e. The van der Waals surface area contributed by atoms with Crippen molar-refractivity contribution in [2.75, 3.05) is 5.73 Å². The number of carbonyl (C=O) groups is 1. The van der Waals surface area contributed by atoms with Crippen LogP contribution in [0.25, 0.3) is 11.0 Å². The fraction of sp³-hybridized carbons (Fsp3) is 0.400. The Balaban J connectivity index is 2.04. The third-order valence-corrected chi connectivity index (χ3v) is 6.19. The van der Waals surface area contributed by atoms with Crippen LogP contribution in [0.5, 0.6) is 0 Å². The zero-order valence-electron chi connectivity index (χ0n) is 17.9. The number of thioether (sulfide) groups is 1. The van der Waals surface area contributed by atoms with Crippen molar-refractivity contribution in [1.29, 1.82) is 0 Å². The van der Waals surface area contributed by atoms with Gasteiger partial charge in [0.1, 0.15) is 11.4 Å². The number of alkyl halides is 3. The van der Waals surface area contributed by atoms with Gasteiger partial charge in [-0.2, -0.15) is 13.2 Å². The van der Waals surface area contributed by atoms with Gasteiger partial charge in [0.05, 0.1) is 21.8 Å². The molecule has 0 aliphatic heterocycles. The average molecular weight is 469 g/mol. The predicted octanol–water partition coefficient (Wildman–Crippen LogP) is 2.81. The van der Waals surface area contributed by atoms with E-state index in [1.54, 1.807) is 11.5 Å². The van der Waals surface area contributed by atoms with Crippen molar-refractivity contribution in [3.8, 4) is 0 Å². The second-order valence-corrected chi connectivity index (χ2v) is 8.65. The molecule has 3 rings (SSSR count). The molecule has 0 aliphatic carbocycles. The number of benzene rings is 1. The molecule has 1 atom stereocenters. The van der Waals surface area contributed by atoms with Gasteiger partial charge in [0, 0.05) is 20.6 Å². The van der Waals surface area contributed by atoms with Gasteiger partial charge in [-0.3, -0.25) is 18.7 Å². The van der Waals surface area contributed by atoms with Gasteiger partial charge in [-0.1, -0.05) is 18.7 Å². The third-order valence-electron chi connectivity index (χ3n) is 5.10. The fourth-order valence-corrected chi connectivity index (χ4v) is 4.32. The van der Waals surface area contributed by atoms with Crippen molar-refractivity contribution in [2.45, 2.75) is 43.4 Å². The number of Topliss-reactive ketones (excluding diaryl/α,β-unsaturated/α-hetero) is 1. The lowest BCUT2D eigenvalue weighted by Gasteiger charge is -2.15. The summed E-state index contributed by atoms with van der Waals surface area (Å²) in [5.41, 5.74) is 3.98. The van der Waals surface area contributed by atoms with Gasteiger partial charge in [-0.15, -0.1) is 0 Å². The molecule has 0 bridgehead atoms. The van der Waals surface area contributed by atoms with Crippen LogP contribution in [-0.2, 0) is 26.8 Å². The van der Waals surface area contributed by atoms with E-state index in [0.717, 1.165) is 33.0 Å². The second kappa shape index (κ2) is 8.49. The summed E-state index contributed by atoms with van der Waals surface area (Å²) in [6.07, 6.45) is -3.86. The first-order valence-corrected chi connectivity index (χ1v) is 10.6. The first-order chi connectivity index (χ1) is 14.9. The molecule has 1 unspecified atom stereocenters. The number of aryl methyl sites for hydroxylation is 1. The van der Waals surface area contributed by atoms with E-state index in [4.69, 9.17) is 5.73 Å². The minimum atomic E-state index is -4.49. The van der Waals surface area contributed by atoms with Crippen LogP contribution >= 0.6 is 11.8 Å². The Morgan fingerprint density at radius 3 is 2.47 bits per heavy atom.